The van der Waals surface area contributed by atoms with E-state index in [9.17, 15) is 0 Å². The van der Waals surface area contributed by atoms with E-state index in [1.165, 1.54) is 41.4 Å². The van der Waals surface area contributed by atoms with Crippen LogP contribution in [0.25, 0.3) is 0 Å². The minimum atomic E-state index is 1.39. The standard InChI is InChI=1S/C11H13P/c1-6-7(2)10-5-12-9(4)11(10)8(6)3/h5H,1-4H3. The third kappa shape index (κ3) is 0.820. The Labute approximate surface area is 75.5 Å². The zero-order valence-corrected chi connectivity index (χ0v) is 8.92. The lowest BCUT2D eigenvalue weighted by atomic mass is 10.1. The molecular formula is C11H13P. The van der Waals surface area contributed by atoms with Crippen LogP contribution in [-0.4, -0.2) is 5.80 Å². The molecule has 0 saturated heterocycles. The summed E-state index contributed by atoms with van der Waals surface area (Å²) in [5.74, 6) is 2.33. The molecule has 0 saturated carbocycles. The molecule has 0 N–H and O–H groups in total. The Bertz CT molecular complexity index is 376. The summed E-state index contributed by atoms with van der Waals surface area (Å²) in [5, 5.41) is 1.51. The van der Waals surface area contributed by atoms with Crippen molar-refractivity contribution < 1.29 is 0 Å². The van der Waals surface area contributed by atoms with Crippen molar-refractivity contribution in [3.8, 4) is 0 Å². The van der Waals surface area contributed by atoms with Gasteiger partial charge in [-0.05, 0) is 66.7 Å². The lowest BCUT2D eigenvalue weighted by Crippen LogP contribution is -1.84. The zero-order chi connectivity index (χ0) is 8.88. The second kappa shape index (κ2) is 2.44. The van der Waals surface area contributed by atoms with E-state index in [1.807, 2.05) is 0 Å². The van der Waals surface area contributed by atoms with Crippen LogP contribution in [0, 0.1) is 0 Å². The van der Waals surface area contributed by atoms with Crippen molar-refractivity contribution in [1.29, 1.82) is 0 Å². The molecule has 0 unspecified atom stereocenters. The van der Waals surface area contributed by atoms with Crippen molar-refractivity contribution >= 4 is 14.0 Å². The number of hydrogen-bond donors (Lipinski definition) is 0. The zero-order valence-electron chi connectivity index (χ0n) is 8.02. The fraction of sp³-hybridized carbons (Fsp3) is 0.364. The lowest BCUT2D eigenvalue weighted by Gasteiger charge is -2.00. The molecule has 2 rings (SSSR count). The molecule has 0 nitrogen and oxygen atoms in total. The SMILES string of the molecule is CC1=C2C(C)=C(C)C(C)=C2C=P1. The van der Waals surface area contributed by atoms with Gasteiger partial charge in [0.25, 0.3) is 0 Å². The minimum absolute atomic E-state index is 1.39. The van der Waals surface area contributed by atoms with Gasteiger partial charge < -0.3 is 0 Å². The van der Waals surface area contributed by atoms with E-state index in [-0.39, 0.29) is 0 Å². The van der Waals surface area contributed by atoms with Crippen molar-refractivity contribution in [1.82, 2.24) is 0 Å². The Hall–Kier alpha value is -0.610. The lowest BCUT2D eigenvalue weighted by molar-refractivity contribution is 1.31. The van der Waals surface area contributed by atoms with Crippen LogP contribution >= 0.6 is 8.20 Å². The summed E-state index contributed by atoms with van der Waals surface area (Å²) < 4.78 is 0. The van der Waals surface area contributed by atoms with Gasteiger partial charge in [0.15, 0.2) is 0 Å². The third-order valence-corrected chi connectivity index (χ3v) is 3.92. The summed E-state index contributed by atoms with van der Waals surface area (Å²) in [6, 6.07) is 0. The number of allylic oxidation sites excluding steroid dienone is 6. The van der Waals surface area contributed by atoms with Gasteiger partial charge in [0.2, 0.25) is 0 Å². The fourth-order valence-electron chi connectivity index (χ4n) is 1.91. The second-order valence-corrected chi connectivity index (χ2v) is 4.69. The summed E-state index contributed by atoms with van der Waals surface area (Å²) in [4.78, 5) is 0. The van der Waals surface area contributed by atoms with E-state index in [0.29, 0.717) is 0 Å². The van der Waals surface area contributed by atoms with Gasteiger partial charge in [-0.3, -0.25) is 0 Å². The molecule has 0 aromatic heterocycles. The van der Waals surface area contributed by atoms with Gasteiger partial charge in [-0.1, -0.05) is 8.20 Å². The first-order valence-corrected chi connectivity index (χ1v) is 5.23. The second-order valence-electron chi connectivity index (χ2n) is 3.51. The highest BCUT2D eigenvalue weighted by atomic mass is 31.1. The smallest absolute Gasteiger partial charge is 0.00708 e. The summed E-state index contributed by atoms with van der Waals surface area (Å²) >= 11 is 0. The monoisotopic (exact) mass is 176 g/mol. The van der Waals surface area contributed by atoms with Crippen LogP contribution in [0.15, 0.2) is 33.2 Å². The van der Waals surface area contributed by atoms with Crippen molar-refractivity contribution in [3.05, 3.63) is 33.2 Å². The Kier molecular flexibility index (Phi) is 1.63. The van der Waals surface area contributed by atoms with Crippen LogP contribution in [0.2, 0.25) is 0 Å². The van der Waals surface area contributed by atoms with Crippen LogP contribution in [0.4, 0.5) is 0 Å². The average molecular weight is 176 g/mol. The van der Waals surface area contributed by atoms with Gasteiger partial charge >= 0.3 is 0 Å². The van der Waals surface area contributed by atoms with Gasteiger partial charge in [-0.2, -0.15) is 0 Å². The summed E-state index contributed by atoms with van der Waals surface area (Å²) in [7, 11) is 1.39. The Morgan fingerprint density at radius 3 is 2.17 bits per heavy atom. The van der Waals surface area contributed by atoms with Crippen molar-refractivity contribution in [2.45, 2.75) is 27.7 Å². The number of hydrogen-bond acceptors (Lipinski definition) is 0. The number of rotatable bonds is 0. The van der Waals surface area contributed by atoms with Gasteiger partial charge in [0, 0.05) is 0 Å². The third-order valence-electron chi connectivity index (χ3n) is 2.92. The quantitative estimate of drug-likeness (QED) is 0.494. The Balaban J connectivity index is 2.70. The molecule has 12 heavy (non-hydrogen) atoms. The van der Waals surface area contributed by atoms with E-state index in [4.69, 9.17) is 0 Å². The molecule has 0 atom stereocenters. The maximum atomic E-state index is 2.33. The first-order valence-electron chi connectivity index (χ1n) is 4.27. The van der Waals surface area contributed by atoms with Crippen LogP contribution in [0.5, 0.6) is 0 Å². The molecule has 1 aliphatic heterocycles. The Morgan fingerprint density at radius 2 is 1.58 bits per heavy atom. The van der Waals surface area contributed by atoms with Crippen LogP contribution in [0.1, 0.15) is 27.7 Å². The topological polar surface area (TPSA) is 0 Å². The van der Waals surface area contributed by atoms with E-state index in [1.54, 1.807) is 0 Å². The molecule has 2 aliphatic rings. The van der Waals surface area contributed by atoms with Crippen LogP contribution < -0.4 is 0 Å². The highest BCUT2D eigenvalue weighted by molar-refractivity contribution is 7.44. The molecule has 1 aliphatic carbocycles. The van der Waals surface area contributed by atoms with E-state index in [2.05, 4.69) is 33.5 Å². The Morgan fingerprint density at radius 1 is 0.917 bits per heavy atom. The van der Waals surface area contributed by atoms with Crippen molar-refractivity contribution in [2.75, 3.05) is 0 Å². The van der Waals surface area contributed by atoms with Crippen LogP contribution in [0.3, 0.4) is 0 Å². The maximum absolute atomic E-state index is 2.33. The first-order chi connectivity index (χ1) is 5.63. The molecule has 1 heterocycles. The van der Waals surface area contributed by atoms with E-state index >= 15 is 0 Å². The summed E-state index contributed by atoms with van der Waals surface area (Å²) in [6.45, 7) is 8.92. The number of fused-ring (bicyclic) bond motifs is 1. The molecule has 0 amide bonds. The molecular weight excluding hydrogens is 163 g/mol. The van der Waals surface area contributed by atoms with Gasteiger partial charge in [-0.15, -0.1) is 0 Å². The van der Waals surface area contributed by atoms with Crippen LogP contribution in [-0.2, 0) is 0 Å². The molecule has 0 fully saturated rings. The normalized spacial score (nSPS) is 23.0. The molecule has 0 aromatic carbocycles. The van der Waals surface area contributed by atoms with Gasteiger partial charge in [0.05, 0.1) is 0 Å². The highest BCUT2D eigenvalue weighted by Gasteiger charge is 2.23. The average Bonchev–Trinajstić information content (AvgIpc) is 2.51. The largest absolute Gasteiger partial charge is 0.0719 e. The predicted molar refractivity (Wildman–Crippen MR) is 56.8 cm³/mol. The highest BCUT2D eigenvalue weighted by Crippen LogP contribution is 2.44. The molecule has 0 aromatic rings. The first kappa shape index (κ1) is 8.01. The summed E-state index contributed by atoms with van der Waals surface area (Å²) in [5.41, 5.74) is 7.45. The molecule has 0 bridgehead atoms. The fourth-order valence-corrected chi connectivity index (χ4v) is 2.98. The summed E-state index contributed by atoms with van der Waals surface area (Å²) in [6.07, 6.45) is 0. The molecule has 0 radical (unpaired) electrons. The molecule has 0 spiro atoms. The minimum Gasteiger partial charge on any atom is -0.0719 e. The van der Waals surface area contributed by atoms with Crippen molar-refractivity contribution in [2.24, 2.45) is 0 Å². The van der Waals surface area contributed by atoms with Crippen molar-refractivity contribution in [3.63, 3.8) is 0 Å². The maximum Gasteiger partial charge on any atom is -0.00708 e. The predicted octanol–water partition coefficient (Wildman–Crippen LogP) is 3.69. The van der Waals surface area contributed by atoms with Gasteiger partial charge in [-0.25, -0.2) is 0 Å². The molecule has 62 valence electrons. The van der Waals surface area contributed by atoms with E-state index in [0.717, 1.165) is 0 Å². The van der Waals surface area contributed by atoms with E-state index < -0.39 is 0 Å². The van der Waals surface area contributed by atoms with Gasteiger partial charge in [0.1, 0.15) is 0 Å². The molecule has 1 heteroatoms.